The molecule has 3 rings (SSSR count). The molecule has 3 aromatic rings. The Morgan fingerprint density at radius 2 is 1.74 bits per heavy atom. The van der Waals surface area contributed by atoms with E-state index in [0.29, 0.717) is 5.69 Å². The summed E-state index contributed by atoms with van der Waals surface area (Å²) >= 11 is 0. The minimum absolute atomic E-state index is 0.00326. The first-order valence-electron chi connectivity index (χ1n) is 10.5. The summed E-state index contributed by atoms with van der Waals surface area (Å²) in [5.74, 6) is -2.39. The van der Waals surface area contributed by atoms with E-state index in [4.69, 9.17) is 5.14 Å². The van der Waals surface area contributed by atoms with Gasteiger partial charge in [-0.05, 0) is 48.4 Å². The second-order valence-electron chi connectivity index (χ2n) is 8.08. The van der Waals surface area contributed by atoms with Crippen LogP contribution in [0.4, 0.5) is 8.78 Å². The molecule has 0 saturated carbocycles. The van der Waals surface area contributed by atoms with Crippen molar-refractivity contribution in [2.24, 2.45) is 11.1 Å². The first-order chi connectivity index (χ1) is 16.5. The Hall–Kier alpha value is -3.71. The van der Waals surface area contributed by atoms with Gasteiger partial charge < -0.3 is 10.6 Å². The van der Waals surface area contributed by atoms with Crippen LogP contribution in [0.5, 0.6) is 0 Å². The Kier molecular flexibility index (Phi) is 7.92. The van der Waals surface area contributed by atoms with Crippen molar-refractivity contribution < 1.29 is 26.8 Å². The fourth-order valence-corrected chi connectivity index (χ4v) is 3.81. The molecule has 13 heteroatoms. The molecular weight excluding hydrogens is 482 g/mol. The van der Waals surface area contributed by atoms with Crippen LogP contribution in [-0.4, -0.2) is 35.2 Å². The summed E-state index contributed by atoms with van der Waals surface area (Å²) in [6.07, 6.45) is 1.50. The minimum atomic E-state index is -3.86. The van der Waals surface area contributed by atoms with Crippen LogP contribution in [0.1, 0.15) is 41.5 Å². The van der Waals surface area contributed by atoms with Gasteiger partial charge in [0.15, 0.2) is 0 Å². The molecule has 0 bridgehead atoms. The van der Waals surface area contributed by atoms with Crippen LogP contribution < -0.4 is 15.8 Å². The molecule has 0 aliphatic rings. The van der Waals surface area contributed by atoms with Crippen molar-refractivity contribution in [1.29, 1.82) is 0 Å². The minimum Gasteiger partial charge on any atom is -0.350 e. The molecule has 1 atom stereocenters. The third-order valence-electron chi connectivity index (χ3n) is 5.08. The Balaban J connectivity index is 1.63. The van der Waals surface area contributed by atoms with Gasteiger partial charge in [0, 0.05) is 17.7 Å². The number of nitrogens with zero attached hydrogens (tertiary/aromatic N) is 3. The summed E-state index contributed by atoms with van der Waals surface area (Å²) in [4.78, 5) is 25.0. The van der Waals surface area contributed by atoms with E-state index in [1.807, 2.05) is 0 Å². The van der Waals surface area contributed by atoms with Gasteiger partial charge in [-0.25, -0.2) is 27.0 Å². The molecule has 0 fully saturated rings. The summed E-state index contributed by atoms with van der Waals surface area (Å²) in [5.41, 5.74) is 0.600. The molecule has 0 aliphatic carbocycles. The molecule has 0 saturated heterocycles. The number of benzene rings is 2. The topological polar surface area (TPSA) is 149 Å². The Morgan fingerprint density at radius 3 is 2.37 bits per heavy atom. The average molecular weight is 507 g/mol. The number of rotatable bonds is 9. The second kappa shape index (κ2) is 10.7. The number of amides is 2. The zero-order chi connectivity index (χ0) is 25.8. The lowest BCUT2D eigenvalue weighted by Gasteiger charge is -2.20. The Bertz CT molecular complexity index is 1330. The normalized spacial score (nSPS) is 12.4. The summed E-state index contributed by atoms with van der Waals surface area (Å²) < 4.78 is 51.2. The molecule has 186 valence electrons. The zero-order valence-corrected chi connectivity index (χ0v) is 19.7. The number of hydrogen-bond acceptors (Lipinski definition) is 6. The van der Waals surface area contributed by atoms with Gasteiger partial charge >= 0.3 is 0 Å². The number of primary sulfonamides is 1. The van der Waals surface area contributed by atoms with E-state index in [9.17, 15) is 26.8 Å². The fraction of sp³-hybridized carbons (Fsp3) is 0.273. The molecule has 2 amide bonds. The van der Waals surface area contributed by atoms with Crippen molar-refractivity contribution in [1.82, 2.24) is 25.6 Å². The summed E-state index contributed by atoms with van der Waals surface area (Å²) in [7, 11) is -3.86. The first-order valence-corrected chi connectivity index (χ1v) is 12.0. The average Bonchev–Trinajstić information content (AvgIpc) is 3.25. The predicted molar refractivity (Wildman–Crippen MR) is 121 cm³/mol. The van der Waals surface area contributed by atoms with Crippen molar-refractivity contribution in [3.8, 4) is 0 Å². The van der Waals surface area contributed by atoms with E-state index >= 15 is 0 Å². The van der Waals surface area contributed by atoms with Gasteiger partial charge in [0.25, 0.3) is 5.91 Å². The molecule has 2 aromatic carbocycles. The van der Waals surface area contributed by atoms with Gasteiger partial charge in [-0.15, -0.1) is 5.10 Å². The van der Waals surface area contributed by atoms with Crippen LogP contribution in [0.15, 0.2) is 53.6 Å². The molecule has 35 heavy (non-hydrogen) atoms. The highest BCUT2D eigenvalue weighted by molar-refractivity contribution is 7.89. The maximum atomic E-state index is 13.8. The van der Waals surface area contributed by atoms with Crippen molar-refractivity contribution in [3.05, 3.63) is 77.1 Å². The number of sulfonamides is 1. The van der Waals surface area contributed by atoms with Gasteiger partial charge in [-0.2, -0.15) is 0 Å². The van der Waals surface area contributed by atoms with Gasteiger partial charge in [0.1, 0.15) is 23.4 Å². The van der Waals surface area contributed by atoms with Crippen LogP contribution in [-0.2, 0) is 27.9 Å². The van der Waals surface area contributed by atoms with Gasteiger partial charge in [0.2, 0.25) is 15.9 Å². The number of hydrogen-bond donors (Lipinski definition) is 3. The van der Waals surface area contributed by atoms with Crippen LogP contribution in [0.2, 0.25) is 0 Å². The molecular formula is C22H24F2N6O4S. The standard InChI is InChI=1S/C22H24F2N6O4S/c1-13(2)20(22(32)26-10-15-9-16(23)5-8-19(15)24)30-12-17(28-29-30)11-27-21(31)14-3-6-18(7-4-14)35(25,33)34/h3-9,12-13,20H,10-11H2,1-2H3,(H,26,32)(H,27,31)(H2,25,33,34)/t20-/m0/s1. The fourth-order valence-electron chi connectivity index (χ4n) is 3.29. The monoisotopic (exact) mass is 506 g/mol. The lowest BCUT2D eigenvalue weighted by molar-refractivity contribution is -0.126. The van der Waals surface area contributed by atoms with Gasteiger partial charge in [-0.3, -0.25) is 9.59 Å². The van der Waals surface area contributed by atoms with Gasteiger partial charge in [-0.1, -0.05) is 19.1 Å². The van der Waals surface area contributed by atoms with E-state index in [0.717, 1.165) is 18.2 Å². The molecule has 10 nitrogen and oxygen atoms in total. The number of nitrogens with two attached hydrogens (primary N) is 1. The number of nitrogens with one attached hydrogen (secondary N) is 2. The lowest BCUT2D eigenvalue weighted by atomic mass is 10.0. The van der Waals surface area contributed by atoms with E-state index in [1.165, 1.54) is 35.1 Å². The van der Waals surface area contributed by atoms with E-state index in [2.05, 4.69) is 20.9 Å². The van der Waals surface area contributed by atoms with Crippen LogP contribution in [0, 0.1) is 17.6 Å². The molecule has 0 spiro atoms. The molecule has 1 heterocycles. The predicted octanol–water partition coefficient (Wildman–Crippen LogP) is 1.65. The highest BCUT2D eigenvalue weighted by Crippen LogP contribution is 2.18. The summed E-state index contributed by atoms with van der Waals surface area (Å²) in [5, 5.41) is 18.2. The quantitative estimate of drug-likeness (QED) is 0.402. The van der Waals surface area contributed by atoms with Gasteiger partial charge in [0.05, 0.1) is 17.6 Å². The summed E-state index contributed by atoms with van der Waals surface area (Å²) in [6, 6.07) is 7.31. The Labute approximate surface area is 200 Å². The molecule has 1 aromatic heterocycles. The van der Waals surface area contributed by atoms with Crippen molar-refractivity contribution in [3.63, 3.8) is 0 Å². The number of carbonyl (C=O) groups excluding carboxylic acids is 2. The van der Waals surface area contributed by atoms with Crippen molar-refractivity contribution in [2.75, 3.05) is 0 Å². The van der Waals surface area contributed by atoms with E-state index < -0.39 is 39.5 Å². The molecule has 0 unspecified atom stereocenters. The maximum absolute atomic E-state index is 13.8. The maximum Gasteiger partial charge on any atom is 0.251 e. The molecule has 4 N–H and O–H groups in total. The third-order valence-corrected chi connectivity index (χ3v) is 6.01. The highest BCUT2D eigenvalue weighted by Gasteiger charge is 2.26. The SMILES string of the molecule is CC(C)[C@@H](C(=O)NCc1cc(F)ccc1F)n1cc(CNC(=O)c2ccc(S(N)(=O)=O)cc2)nn1. The number of aromatic nitrogens is 3. The first kappa shape index (κ1) is 25.9. The summed E-state index contributed by atoms with van der Waals surface area (Å²) in [6.45, 7) is 3.38. The highest BCUT2D eigenvalue weighted by atomic mass is 32.2. The zero-order valence-electron chi connectivity index (χ0n) is 18.9. The van der Waals surface area contributed by atoms with E-state index in [1.54, 1.807) is 13.8 Å². The Morgan fingerprint density at radius 1 is 1.06 bits per heavy atom. The smallest absolute Gasteiger partial charge is 0.251 e. The van der Waals surface area contributed by atoms with E-state index in [-0.39, 0.29) is 35.0 Å². The molecule has 0 radical (unpaired) electrons. The van der Waals surface area contributed by atoms with Crippen molar-refractivity contribution in [2.45, 2.75) is 37.9 Å². The largest absolute Gasteiger partial charge is 0.350 e. The number of halogens is 2. The van der Waals surface area contributed by atoms with Crippen LogP contribution in [0.3, 0.4) is 0 Å². The molecule has 0 aliphatic heterocycles. The third kappa shape index (κ3) is 6.67. The lowest BCUT2D eigenvalue weighted by Crippen LogP contribution is -2.35. The second-order valence-corrected chi connectivity index (χ2v) is 9.65. The van der Waals surface area contributed by atoms with Crippen LogP contribution in [0.25, 0.3) is 0 Å². The van der Waals surface area contributed by atoms with Crippen LogP contribution >= 0.6 is 0 Å². The van der Waals surface area contributed by atoms with Crippen molar-refractivity contribution >= 4 is 21.8 Å². The number of carbonyl (C=O) groups is 2.